The molecule has 0 heterocycles. The van der Waals surface area contributed by atoms with Crippen LogP contribution in [0.15, 0.2) is 11.8 Å². The summed E-state index contributed by atoms with van der Waals surface area (Å²) in [6.07, 6.45) is 14.4. The molecular formula is C17H34OSi. The zero-order valence-corrected chi connectivity index (χ0v) is 14.8. The lowest BCUT2D eigenvalue weighted by Gasteiger charge is -2.37. The van der Waals surface area contributed by atoms with E-state index in [2.05, 4.69) is 39.9 Å². The Balaban J connectivity index is 2.63. The van der Waals surface area contributed by atoms with Gasteiger partial charge in [-0.15, -0.1) is 0 Å². The van der Waals surface area contributed by atoms with Crippen molar-refractivity contribution in [2.45, 2.75) is 96.7 Å². The SMILES string of the molecule is CC(C)(C)[Si](C)(C)O/C1=C/CCCCCCCCC1. The Morgan fingerprint density at radius 2 is 1.42 bits per heavy atom. The molecular weight excluding hydrogens is 248 g/mol. The van der Waals surface area contributed by atoms with E-state index in [1.807, 2.05) is 0 Å². The zero-order chi connectivity index (χ0) is 14.4. The third-order valence-electron chi connectivity index (χ3n) is 4.69. The molecule has 0 radical (unpaired) electrons. The minimum atomic E-state index is -1.64. The van der Waals surface area contributed by atoms with Crippen LogP contribution in [-0.4, -0.2) is 8.32 Å². The molecule has 0 aromatic rings. The molecule has 0 atom stereocenters. The second-order valence-corrected chi connectivity index (χ2v) is 12.3. The van der Waals surface area contributed by atoms with E-state index in [1.165, 1.54) is 57.1 Å². The van der Waals surface area contributed by atoms with Gasteiger partial charge in [0.05, 0.1) is 5.76 Å². The van der Waals surface area contributed by atoms with E-state index < -0.39 is 8.32 Å². The van der Waals surface area contributed by atoms with Crippen LogP contribution < -0.4 is 0 Å². The smallest absolute Gasteiger partial charge is 0.250 e. The third-order valence-corrected chi connectivity index (χ3v) is 9.08. The van der Waals surface area contributed by atoms with Gasteiger partial charge in [0.1, 0.15) is 0 Å². The van der Waals surface area contributed by atoms with Gasteiger partial charge in [-0.3, -0.25) is 0 Å². The first-order valence-electron chi connectivity index (χ1n) is 8.21. The first-order chi connectivity index (χ1) is 8.83. The lowest BCUT2D eigenvalue weighted by Crippen LogP contribution is -2.40. The van der Waals surface area contributed by atoms with Crippen molar-refractivity contribution in [3.63, 3.8) is 0 Å². The van der Waals surface area contributed by atoms with Crippen LogP contribution in [0.1, 0.15) is 78.6 Å². The van der Waals surface area contributed by atoms with Crippen molar-refractivity contribution < 1.29 is 4.43 Å². The van der Waals surface area contributed by atoms with E-state index in [-0.39, 0.29) is 0 Å². The fourth-order valence-corrected chi connectivity index (χ4v) is 3.41. The van der Waals surface area contributed by atoms with Gasteiger partial charge in [0.2, 0.25) is 8.32 Å². The normalized spacial score (nSPS) is 23.1. The van der Waals surface area contributed by atoms with Crippen molar-refractivity contribution in [1.29, 1.82) is 0 Å². The number of hydrogen-bond acceptors (Lipinski definition) is 1. The van der Waals surface area contributed by atoms with Gasteiger partial charge in [0.15, 0.2) is 0 Å². The van der Waals surface area contributed by atoms with Crippen molar-refractivity contribution in [3.05, 3.63) is 11.8 Å². The van der Waals surface area contributed by atoms with Gasteiger partial charge >= 0.3 is 0 Å². The molecule has 19 heavy (non-hydrogen) atoms. The summed E-state index contributed by atoms with van der Waals surface area (Å²) in [7, 11) is -1.64. The average Bonchev–Trinajstić information content (AvgIpc) is 2.33. The standard InChI is InChI=1S/C17H34OSi/c1-17(2,3)19(4,5)18-16-14-12-10-8-6-7-9-11-13-15-16/h14H,6-13,15H2,1-5H3/b16-14+. The Morgan fingerprint density at radius 1 is 0.895 bits per heavy atom. The summed E-state index contributed by atoms with van der Waals surface area (Å²) in [5, 5.41) is 0.306. The van der Waals surface area contributed by atoms with Crippen LogP contribution in [0, 0.1) is 0 Å². The van der Waals surface area contributed by atoms with Gasteiger partial charge in [-0.1, -0.05) is 52.9 Å². The minimum absolute atomic E-state index is 0.306. The zero-order valence-electron chi connectivity index (χ0n) is 13.8. The predicted octanol–water partition coefficient (Wildman–Crippen LogP) is 6.42. The third kappa shape index (κ3) is 6.16. The van der Waals surface area contributed by atoms with Crippen molar-refractivity contribution in [1.82, 2.24) is 0 Å². The van der Waals surface area contributed by atoms with Crippen molar-refractivity contribution >= 4 is 8.32 Å². The molecule has 0 amide bonds. The molecule has 0 unspecified atom stereocenters. The van der Waals surface area contributed by atoms with E-state index in [1.54, 1.807) is 0 Å². The van der Waals surface area contributed by atoms with Crippen LogP contribution in [0.2, 0.25) is 18.1 Å². The van der Waals surface area contributed by atoms with E-state index in [4.69, 9.17) is 4.43 Å². The molecule has 1 aliphatic rings. The topological polar surface area (TPSA) is 9.23 Å². The van der Waals surface area contributed by atoms with Gasteiger partial charge < -0.3 is 4.43 Å². The Labute approximate surface area is 122 Å². The number of allylic oxidation sites excluding steroid dienone is 2. The molecule has 0 N–H and O–H groups in total. The fraction of sp³-hybridized carbons (Fsp3) is 0.882. The highest BCUT2D eigenvalue weighted by molar-refractivity contribution is 6.74. The van der Waals surface area contributed by atoms with Gasteiger partial charge in [0.25, 0.3) is 0 Å². The highest BCUT2D eigenvalue weighted by Gasteiger charge is 2.39. The van der Waals surface area contributed by atoms with Crippen LogP contribution in [-0.2, 0) is 4.43 Å². The maximum absolute atomic E-state index is 6.52. The Bertz CT molecular complexity index is 286. The molecule has 0 aliphatic heterocycles. The maximum Gasteiger partial charge on any atom is 0.250 e. The molecule has 2 heteroatoms. The predicted molar refractivity (Wildman–Crippen MR) is 87.9 cm³/mol. The van der Waals surface area contributed by atoms with Crippen LogP contribution in [0.25, 0.3) is 0 Å². The molecule has 1 nitrogen and oxygen atoms in total. The summed E-state index contributed by atoms with van der Waals surface area (Å²) in [6, 6.07) is 0. The lowest BCUT2D eigenvalue weighted by molar-refractivity contribution is 0.359. The Hall–Kier alpha value is -0.243. The molecule has 0 saturated heterocycles. The number of rotatable bonds is 2. The second-order valence-electron chi connectivity index (χ2n) is 7.55. The van der Waals surface area contributed by atoms with Gasteiger partial charge in [-0.05, 0) is 43.5 Å². The molecule has 0 bridgehead atoms. The minimum Gasteiger partial charge on any atom is -0.547 e. The first kappa shape index (κ1) is 16.8. The van der Waals surface area contributed by atoms with Crippen LogP contribution >= 0.6 is 0 Å². The fourth-order valence-electron chi connectivity index (χ4n) is 2.27. The van der Waals surface area contributed by atoms with Gasteiger partial charge in [0, 0.05) is 6.42 Å². The van der Waals surface area contributed by atoms with Crippen molar-refractivity contribution in [3.8, 4) is 0 Å². The van der Waals surface area contributed by atoms with Gasteiger partial charge in [-0.2, -0.15) is 0 Å². The monoisotopic (exact) mass is 282 g/mol. The van der Waals surface area contributed by atoms with Crippen LogP contribution in [0.3, 0.4) is 0 Å². The molecule has 0 spiro atoms. The Kier molecular flexibility index (Phi) is 6.65. The van der Waals surface area contributed by atoms with E-state index in [0.717, 1.165) is 6.42 Å². The summed E-state index contributed by atoms with van der Waals surface area (Å²) in [6.45, 7) is 11.7. The summed E-state index contributed by atoms with van der Waals surface area (Å²) < 4.78 is 6.52. The van der Waals surface area contributed by atoms with Crippen molar-refractivity contribution in [2.24, 2.45) is 0 Å². The summed E-state index contributed by atoms with van der Waals surface area (Å²) >= 11 is 0. The summed E-state index contributed by atoms with van der Waals surface area (Å²) in [5.41, 5.74) is 0. The molecule has 112 valence electrons. The average molecular weight is 283 g/mol. The molecule has 1 aliphatic carbocycles. The van der Waals surface area contributed by atoms with Crippen LogP contribution in [0.4, 0.5) is 0 Å². The van der Waals surface area contributed by atoms with E-state index >= 15 is 0 Å². The van der Waals surface area contributed by atoms with E-state index in [0.29, 0.717) is 5.04 Å². The molecule has 0 aromatic heterocycles. The maximum atomic E-state index is 6.52. The van der Waals surface area contributed by atoms with Crippen molar-refractivity contribution in [2.75, 3.05) is 0 Å². The molecule has 1 rings (SSSR count). The highest BCUT2D eigenvalue weighted by atomic mass is 28.4. The van der Waals surface area contributed by atoms with Gasteiger partial charge in [-0.25, -0.2) is 0 Å². The summed E-state index contributed by atoms with van der Waals surface area (Å²) in [5.74, 6) is 1.30. The molecule has 0 aromatic carbocycles. The summed E-state index contributed by atoms with van der Waals surface area (Å²) in [4.78, 5) is 0. The van der Waals surface area contributed by atoms with E-state index in [9.17, 15) is 0 Å². The van der Waals surface area contributed by atoms with Crippen LogP contribution in [0.5, 0.6) is 0 Å². The molecule has 0 fully saturated rings. The Morgan fingerprint density at radius 3 is 2.00 bits per heavy atom. The first-order valence-corrected chi connectivity index (χ1v) is 11.1. The lowest BCUT2D eigenvalue weighted by atomic mass is 10.1. The molecule has 0 saturated carbocycles. The second kappa shape index (κ2) is 7.52. The quantitative estimate of drug-likeness (QED) is 0.531. The largest absolute Gasteiger partial charge is 0.547 e. The number of hydrogen-bond donors (Lipinski definition) is 0. The highest BCUT2D eigenvalue weighted by Crippen LogP contribution is 2.38.